The highest BCUT2D eigenvalue weighted by molar-refractivity contribution is 5.87. The number of hydrogen-bond acceptors (Lipinski definition) is 3. The number of ether oxygens (including phenoxy) is 1. The molecule has 106 valence electrons. The number of benzene rings is 1. The van der Waals surface area contributed by atoms with Crippen LogP contribution in [0.1, 0.15) is 24.8 Å². The number of rotatable bonds is 2. The van der Waals surface area contributed by atoms with Gasteiger partial charge < -0.3 is 14.7 Å². The quantitative estimate of drug-likeness (QED) is 0.888. The van der Waals surface area contributed by atoms with Crippen LogP contribution in [0, 0.1) is 5.92 Å². The van der Waals surface area contributed by atoms with Crippen molar-refractivity contribution >= 4 is 11.9 Å². The maximum atomic E-state index is 12.6. The van der Waals surface area contributed by atoms with E-state index in [2.05, 4.69) is 0 Å². The maximum absolute atomic E-state index is 12.6. The number of amides is 1. The lowest BCUT2D eigenvalue weighted by molar-refractivity contribution is -0.143. The van der Waals surface area contributed by atoms with Crippen molar-refractivity contribution in [1.29, 1.82) is 0 Å². The number of likely N-dealkylation sites (tertiary alicyclic amines) is 1. The van der Waals surface area contributed by atoms with E-state index < -0.39 is 11.9 Å². The van der Waals surface area contributed by atoms with Crippen molar-refractivity contribution in [3.63, 3.8) is 0 Å². The molecule has 1 saturated heterocycles. The summed E-state index contributed by atoms with van der Waals surface area (Å²) in [5, 5.41) is 9.14. The van der Waals surface area contributed by atoms with Gasteiger partial charge in [0.1, 0.15) is 18.3 Å². The number of carbonyl (C=O) groups excluding carboxylic acids is 1. The van der Waals surface area contributed by atoms with Crippen LogP contribution in [-0.2, 0) is 9.59 Å². The molecule has 2 aliphatic rings. The molecule has 1 aromatic carbocycles. The fraction of sp³-hybridized carbons (Fsp3) is 0.467. The normalized spacial score (nSPS) is 28.1. The van der Waals surface area contributed by atoms with E-state index in [-0.39, 0.29) is 17.9 Å². The van der Waals surface area contributed by atoms with Crippen molar-refractivity contribution in [2.45, 2.75) is 25.3 Å². The first-order valence-electron chi connectivity index (χ1n) is 6.84. The van der Waals surface area contributed by atoms with Crippen molar-refractivity contribution in [1.82, 2.24) is 4.90 Å². The molecule has 0 aromatic heterocycles. The van der Waals surface area contributed by atoms with E-state index in [1.54, 1.807) is 4.90 Å². The van der Waals surface area contributed by atoms with Gasteiger partial charge in [0.2, 0.25) is 5.91 Å². The molecule has 0 aliphatic carbocycles. The molecule has 0 bridgehead atoms. The van der Waals surface area contributed by atoms with Crippen molar-refractivity contribution in [3.05, 3.63) is 29.8 Å². The number of carbonyl (C=O) groups is 2. The molecule has 3 rings (SSSR count). The van der Waals surface area contributed by atoms with Crippen LogP contribution in [0.15, 0.2) is 24.3 Å². The number of carboxylic acids is 1. The second-order valence-corrected chi connectivity index (χ2v) is 5.41. The Labute approximate surface area is 117 Å². The first kappa shape index (κ1) is 13.0. The minimum Gasteiger partial charge on any atom is -0.492 e. The maximum Gasteiger partial charge on any atom is 0.308 e. The number of nitrogens with zero attached hydrogens (tertiary/aromatic N) is 1. The Kier molecular flexibility index (Phi) is 3.12. The summed E-state index contributed by atoms with van der Waals surface area (Å²) < 4.78 is 5.54. The fourth-order valence-electron chi connectivity index (χ4n) is 3.15. The van der Waals surface area contributed by atoms with Gasteiger partial charge in [-0.25, -0.2) is 0 Å². The molecule has 2 heterocycles. The summed E-state index contributed by atoms with van der Waals surface area (Å²) in [6.45, 7) is 2.67. The van der Waals surface area contributed by atoms with Crippen molar-refractivity contribution in [2.24, 2.45) is 5.92 Å². The highest BCUT2D eigenvalue weighted by atomic mass is 16.5. The van der Waals surface area contributed by atoms with Gasteiger partial charge in [-0.1, -0.05) is 18.2 Å². The van der Waals surface area contributed by atoms with Gasteiger partial charge in [-0.2, -0.15) is 0 Å². The summed E-state index contributed by atoms with van der Waals surface area (Å²) >= 11 is 0. The smallest absolute Gasteiger partial charge is 0.308 e. The Balaban J connectivity index is 1.80. The van der Waals surface area contributed by atoms with E-state index in [0.717, 1.165) is 11.3 Å². The molecule has 20 heavy (non-hydrogen) atoms. The van der Waals surface area contributed by atoms with Crippen molar-refractivity contribution < 1.29 is 19.4 Å². The van der Waals surface area contributed by atoms with Gasteiger partial charge in [-0.3, -0.25) is 9.59 Å². The van der Waals surface area contributed by atoms with Gasteiger partial charge in [-0.05, 0) is 19.4 Å². The van der Waals surface area contributed by atoms with Gasteiger partial charge in [-0.15, -0.1) is 0 Å². The number of hydrogen-bond donors (Lipinski definition) is 1. The third-order valence-electron chi connectivity index (χ3n) is 4.35. The fourth-order valence-corrected chi connectivity index (χ4v) is 3.15. The third-order valence-corrected chi connectivity index (χ3v) is 4.35. The molecular weight excluding hydrogens is 258 g/mol. The molecule has 2 aliphatic heterocycles. The van der Waals surface area contributed by atoms with E-state index in [4.69, 9.17) is 9.84 Å². The molecule has 0 radical (unpaired) electrons. The molecule has 0 spiro atoms. The molecule has 3 atom stereocenters. The van der Waals surface area contributed by atoms with Crippen LogP contribution < -0.4 is 4.74 Å². The minimum atomic E-state index is -0.823. The van der Waals surface area contributed by atoms with E-state index in [9.17, 15) is 9.59 Å². The molecule has 1 fully saturated rings. The average Bonchev–Trinajstić information content (AvgIpc) is 3.01. The van der Waals surface area contributed by atoms with Crippen LogP contribution >= 0.6 is 0 Å². The molecule has 5 nitrogen and oxygen atoms in total. The minimum absolute atomic E-state index is 0.0220. The molecule has 1 amide bonds. The van der Waals surface area contributed by atoms with E-state index in [1.807, 2.05) is 31.2 Å². The number of aliphatic carboxylic acids is 1. The molecule has 1 N–H and O–H groups in total. The summed E-state index contributed by atoms with van der Waals surface area (Å²) in [5.74, 6) is -0.854. The van der Waals surface area contributed by atoms with Crippen LogP contribution in [0.25, 0.3) is 0 Å². The highest BCUT2D eigenvalue weighted by Crippen LogP contribution is 2.36. The van der Waals surface area contributed by atoms with Gasteiger partial charge in [0, 0.05) is 18.2 Å². The zero-order valence-electron chi connectivity index (χ0n) is 11.3. The first-order valence-corrected chi connectivity index (χ1v) is 6.84. The summed E-state index contributed by atoms with van der Waals surface area (Å²) in [6, 6.07) is 7.27. The van der Waals surface area contributed by atoms with Gasteiger partial charge in [0.15, 0.2) is 0 Å². The predicted octanol–water partition coefficient (Wildman–Crippen LogP) is 1.48. The molecule has 5 heteroatoms. The SMILES string of the molecule is CC1C(C(=O)O)CCN1C(=O)C1COc2ccccc21. The first-order chi connectivity index (χ1) is 9.59. The van der Waals surface area contributed by atoms with Crippen molar-refractivity contribution in [2.75, 3.05) is 13.2 Å². The van der Waals surface area contributed by atoms with Gasteiger partial charge in [0.25, 0.3) is 0 Å². The third kappa shape index (κ3) is 1.94. The van der Waals surface area contributed by atoms with Gasteiger partial charge >= 0.3 is 5.97 Å². The lowest BCUT2D eigenvalue weighted by atomic mass is 9.98. The summed E-state index contributed by atoms with van der Waals surface area (Å²) in [4.78, 5) is 25.5. The molecule has 3 unspecified atom stereocenters. The molecular formula is C15H17NO4. The largest absolute Gasteiger partial charge is 0.492 e. The van der Waals surface area contributed by atoms with E-state index in [1.165, 1.54) is 0 Å². The lowest BCUT2D eigenvalue weighted by Gasteiger charge is -2.25. The molecule has 1 aromatic rings. The lowest BCUT2D eigenvalue weighted by Crippen LogP contribution is -2.40. The standard InChI is InChI=1S/C15H17NO4/c1-9-10(15(18)19)6-7-16(9)14(17)12-8-20-13-5-3-2-4-11(12)13/h2-5,9-10,12H,6-8H2,1H3,(H,18,19). The van der Waals surface area contributed by atoms with Crippen LogP contribution in [0.5, 0.6) is 5.75 Å². The number of para-hydroxylation sites is 1. The van der Waals surface area contributed by atoms with Crippen LogP contribution in [-0.4, -0.2) is 41.1 Å². The molecule has 0 saturated carbocycles. The highest BCUT2D eigenvalue weighted by Gasteiger charge is 2.42. The summed E-state index contributed by atoms with van der Waals surface area (Å²) in [7, 11) is 0. The van der Waals surface area contributed by atoms with Crippen LogP contribution in [0.3, 0.4) is 0 Å². The van der Waals surface area contributed by atoms with Crippen molar-refractivity contribution in [3.8, 4) is 5.75 Å². The topological polar surface area (TPSA) is 66.8 Å². The van der Waals surface area contributed by atoms with E-state index >= 15 is 0 Å². The summed E-state index contributed by atoms with van der Waals surface area (Å²) in [5.41, 5.74) is 0.906. The summed E-state index contributed by atoms with van der Waals surface area (Å²) in [6.07, 6.45) is 0.525. The Morgan fingerprint density at radius 2 is 2.10 bits per heavy atom. The predicted molar refractivity (Wildman–Crippen MR) is 71.6 cm³/mol. The van der Waals surface area contributed by atoms with Gasteiger partial charge in [0.05, 0.1) is 5.92 Å². The Hall–Kier alpha value is -2.04. The zero-order valence-corrected chi connectivity index (χ0v) is 11.3. The monoisotopic (exact) mass is 275 g/mol. The Morgan fingerprint density at radius 3 is 2.80 bits per heavy atom. The Bertz CT molecular complexity index is 557. The second-order valence-electron chi connectivity index (χ2n) is 5.41. The van der Waals surface area contributed by atoms with Crippen LogP contribution in [0.2, 0.25) is 0 Å². The number of fused-ring (bicyclic) bond motifs is 1. The van der Waals surface area contributed by atoms with E-state index in [0.29, 0.717) is 19.6 Å². The number of carboxylic acid groups (broad SMARTS) is 1. The zero-order chi connectivity index (χ0) is 14.3. The average molecular weight is 275 g/mol. The Morgan fingerprint density at radius 1 is 1.35 bits per heavy atom. The van der Waals surface area contributed by atoms with Crippen LogP contribution in [0.4, 0.5) is 0 Å². The second kappa shape index (κ2) is 4.81.